The van der Waals surface area contributed by atoms with Crippen LogP contribution >= 0.6 is 11.6 Å². The molecule has 0 bridgehead atoms. The first-order chi connectivity index (χ1) is 6.69. The van der Waals surface area contributed by atoms with Crippen LogP contribution in [-0.4, -0.2) is 24.7 Å². The van der Waals surface area contributed by atoms with E-state index in [-0.39, 0.29) is 29.5 Å². The number of ether oxygens (including phenoxy) is 1. The molecule has 0 aromatic carbocycles. The molecule has 1 saturated carbocycles. The van der Waals surface area contributed by atoms with Gasteiger partial charge < -0.3 is 4.74 Å². The molecule has 0 unspecified atom stereocenters. The maximum absolute atomic E-state index is 11.3. The molecular formula is C10H15ClO3. The second-order valence-corrected chi connectivity index (χ2v) is 3.95. The molecule has 0 heterocycles. The first-order valence-electron chi connectivity index (χ1n) is 4.85. The summed E-state index contributed by atoms with van der Waals surface area (Å²) in [6, 6.07) is 0. The lowest BCUT2D eigenvalue weighted by molar-refractivity contribution is -0.147. The Morgan fingerprint density at radius 2 is 2.00 bits per heavy atom. The number of ketones is 1. The summed E-state index contributed by atoms with van der Waals surface area (Å²) < 4.78 is 4.67. The van der Waals surface area contributed by atoms with Crippen LogP contribution in [0.5, 0.6) is 0 Å². The Morgan fingerprint density at radius 3 is 2.57 bits per heavy atom. The van der Waals surface area contributed by atoms with Crippen molar-refractivity contribution in [1.82, 2.24) is 0 Å². The van der Waals surface area contributed by atoms with Crippen molar-refractivity contribution in [2.45, 2.75) is 25.7 Å². The van der Waals surface area contributed by atoms with Crippen LogP contribution in [0, 0.1) is 11.8 Å². The van der Waals surface area contributed by atoms with E-state index in [9.17, 15) is 9.59 Å². The van der Waals surface area contributed by atoms with E-state index in [4.69, 9.17) is 11.6 Å². The Morgan fingerprint density at radius 1 is 1.36 bits per heavy atom. The zero-order chi connectivity index (χ0) is 10.6. The third-order valence-corrected chi connectivity index (χ3v) is 3.06. The molecule has 0 spiro atoms. The van der Waals surface area contributed by atoms with Crippen LogP contribution in [-0.2, 0) is 14.3 Å². The normalized spacial score (nSPS) is 27.0. The fourth-order valence-electron chi connectivity index (χ4n) is 1.97. The highest BCUT2D eigenvalue weighted by Crippen LogP contribution is 2.30. The SMILES string of the molecule is COC(=O)[C@@H]1CCC[C@H](C(=O)CCl)C1. The highest BCUT2D eigenvalue weighted by atomic mass is 35.5. The average Bonchev–Trinajstić information content (AvgIpc) is 2.27. The molecule has 0 radical (unpaired) electrons. The molecule has 0 amide bonds. The van der Waals surface area contributed by atoms with E-state index >= 15 is 0 Å². The molecule has 1 aliphatic rings. The maximum atomic E-state index is 11.3. The van der Waals surface area contributed by atoms with Crippen LogP contribution in [0.4, 0.5) is 0 Å². The van der Waals surface area contributed by atoms with Gasteiger partial charge in [-0.05, 0) is 19.3 Å². The predicted octanol–water partition coefficient (Wildman–Crippen LogP) is 1.77. The number of hydrogen-bond donors (Lipinski definition) is 0. The zero-order valence-electron chi connectivity index (χ0n) is 8.29. The Bertz CT molecular complexity index is 205. The van der Waals surface area contributed by atoms with E-state index in [1.165, 1.54) is 7.11 Å². The smallest absolute Gasteiger partial charge is 0.308 e. The van der Waals surface area contributed by atoms with Gasteiger partial charge >= 0.3 is 5.97 Å². The minimum atomic E-state index is -0.197. The summed E-state index contributed by atoms with van der Waals surface area (Å²) in [5.74, 6) is -0.230. The second kappa shape index (κ2) is 5.35. The van der Waals surface area contributed by atoms with Crippen LogP contribution in [0.1, 0.15) is 25.7 Å². The number of alkyl halides is 1. The van der Waals surface area contributed by atoms with Crippen molar-refractivity contribution in [2.24, 2.45) is 11.8 Å². The summed E-state index contributed by atoms with van der Waals surface area (Å²) in [5, 5.41) is 0. The molecule has 0 aromatic heterocycles. The topological polar surface area (TPSA) is 43.4 Å². The lowest BCUT2D eigenvalue weighted by atomic mass is 9.80. The van der Waals surface area contributed by atoms with Gasteiger partial charge in [-0.15, -0.1) is 11.6 Å². The molecule has 0 aliphatic heterocycles. The van der Waals surface area contributed by atoms with Gasteiger partial charge in [-0.3, -0.25) is 9.59 Å². The summed E-state index contributed by atoms with van der Waals surface area (Å²) in [5.41, 5.74) is 0. The van der Waals surface area contributed by atoms with Crippen molar-refractivity contribution < 1.29 is 14.3 Å². The Labute approximate surface area is 88.8 Å². The fraction of sp³-hybridized carbons (Fsp3) is 0.800. The highest BCUT2D eigenvalue weighted by molar-refractivity contribution is 6.27. The molecule has 0 saturated heterocycles. The van der Waals surface area contributed by atoms with Crippen LogP contribution in [0.3, 0.4) is 0 Å². The summed E-state index contributed by atoms with van der Waals surface area (Å²) in [6.45, 7) is 0. The maximum Gasteiger partial charge on any atom is 0.308 e. The third kappa shape index (κ3) is 2.71. The largest absolute Gasteiger partial charge is 0.469 e. The van der Waals surface area contributed by atoms with E-state index in [0.29, 0.717) is 6.42 Å². The van der Waals surface area contributed by atoms with Gasteiger partial charge in [0.25, 0.3) is 0 Å². The highest BCUT2D eigenvalue weighted by Gasteiger charge is 2.30. The van der Waals surface area contributed by atoms with Crippen molar-refractivity contribution in [2.75, 3.05) is 13.0 Å². The number of rotatable bonds is 3. The fourth-order valence-corrected chi connectivity index (χ4v) is 2.19. The summed E-state index contributed by atoms with van der Waals surface area (Å²) in [4.78, 5) is 22.6. The van der Waals surface area contributed by atoms with Crippen molar-refractivity contribution in [3.05, 3.63) is 0 Å². The molecule has 0 aromatic rings. The molecule has 80 valence electrons. The van der Waals surface area contributed by atoms with E-state index in [2.05, 4.69) is 4.74 Å². The van der Waals surface area contributed by atoms with Crippen LogP contribution in [0.2, 0.25) is 0 Å². The van der Waals surface area contributed by atoms with Gasteiger partial charge in [-0.2, -0.15) is 0 Å². The van der Waals surface area contributed by atoms with Gasteiger partial charge in [-0.1, -0.05) is 6.42 Å². The van der Waals surface area contributed by atoms with E-state index in [0.717, 1.165) is 19.3 Å². The molecule has 4 heteroatoms. The molecule has 1 aliphatic carbocycles. The molecule has 1 fully saturated rings. The molecular weight excluding hydrogens is 204 g/mol. The minimum Gasteiger partial charge on any atom is -0.469 e. The molecule has 0 N–H and O–H groups in total. The first kappa shape index (κ1) is 11.5. The number of halogens is 1. The summed E-state index contributed by atoms with van der Waals surface area (Å²) in [6.07, 6.45) is 3.21. The van der Waals surface area contributed by atoms with E-state index < -0.39 is 0 Å². The predicted molar refractivity (Wildman–Crippen MR) is 53.2 cm³/mol. The Balaban J connectivity index is 2.51. The Hall–Kier alpha value is -0.570. The van der Waals surface area contributed by atoms with Crippen LogP contribution in [0.15, 0.2) is 0 Å². The van der Waals surface area contributed by atoms with Gasteiger partial charge in [0.2, 0.25) is 0 Å². The van der Waals surface area contributed by atoms with Gasteiger partial charge in [0.1, 0.15) is 0 Å². The monoisotopic (exact) mass is 218 g/mol. The standard InChI is InChI=1S/C10H15ClO3/c1-14-10(13)8-4-2-3-7(5-8)9(12)6-11/h7-8H,2-6H2,1H3/t7-,8+/m0/s1. The number of carbonyl (C=O) groups is 2. The zero-order valence-corrected chi connectivity index (χ0v) is 9.05. The minimum absolute atomic E-state index is 0.0367. The van der Waals surface area contributed by atoms with Crippen molar-refractivity contribution >= 4 is 23.4 Å². The van der Waals surface area contributed by atoms with E-state index in [1.54, 1.807) is 0 Å². The average molecular weight is 219 g/mol. The number of hydrogen-bond acceptors (Lipinski definition) is 3. The van der Waals surface area contributed by atoms with Gasteiger partial charge in [0.15, 0.2) is 5.78 Å². The third-order valence-electron chi connectivity index (χ3n) is 2.80. The van der Waals surface area contributed by atoms with Crippen molar-refractivity contribution in [3.63, 3.8) is 0 Å². The number of Topliss-reactive ketones (excluding diaryl/α,β-unsaturated/α-hetero) is 1. The molecule has 14 heavy (non-hydrogen) atoms. The number of esters is 1. The lowest BCUT2D eigenvalue weighted by Crippen LogP contribution is -2.28. The lowest BCUT2D eigenvalue weighted by Gasteiger charge is -2.25. The van der Waals surface area contributed by atoms with Crippen LogP contribution in [0.25, 0.3) is 0 Å². The Kier molecular flexibility index (Phi) is 4.39. The molecule has 3 nitrogen and oxygen atoms in total. The first-order valence-corrected chi connectivity index (χ1v) is 5.39. The second-order valence-electron chi connectivity index (χ2n) is 3.68. The van der Waals surface area contributed by atoms with Gasteiger partial charge in [0.05, 0.1) is 18.9 Å². The summed E-state index contributed by atoms with van der Waals surface area (Å²) >= 11 is 5.48. The van der Waals surface area contributed by atoms with E-state index in [1.807, 2.05) is 0 Å². The number of carbonyl (C=O) groups excluding carboxylic acids is 2. The van der Waals surface area contributed by atoms with Crippen molar-refractivity contribution in [1.29, 1.82) is 0 Å². The quantitative estimate of drug-likeness (QED) is 0.536. The summed E-state index contributed by atoms with van der Waals surface area (Å²) in [7, 11) is 1.38. The molecule has 2 atom stereocenters. The van der Waals surface area contributed by atoms with Crippen LogP contribution < -0.4 is 0 Å². The van der Waals surface area contributed by atoms with Gasteiger partial charge in [-0.25, -0.2) is 0 Å². The van der Waals surface area contributed by atoms with Gasteiger partial charge in [0, 0.05) is 5.92 Å². The molecule has 1 rings (SSSR count). The van der Waals surface area contributed by atoms with Crippen molar-refractivity contribution in [3.8, 4) is 0 Å². The number of methoxy groups -OCH3 is 1.